The maximum absolute atomic E-state index is 6.16. The van der Waals surface area contributed by atoms with Crippen molar-refractivity contribution in [3.05, 3.63) is 27.7 Å². The molecule has 1 saturated carbocycles. The first-order valence-corrected chi connectivity index (χ1v) is 7.51. The zero-order chi connectivity index (χ0) is 12.3. The predicted molar refractivity (Wildman–Crippen MR) is 78.8 cm³/mol. The van der Waals surface area contributed by atoms with Gasteiger partial charge < -0.3 is 5.32 Å². The molecule has 0 bridgehead atoms. The van der Waals surface area contributed by atoms with Gasteiger partial charge in [-0.1, -0.05) is 47.3 Å². The van der Waals surface area contributed by atoms with Crippen LogP contribution >= 0.6 is 27.5 Å². The molecule has 2 unspecified atom stereocenters. The third kappa shape index (κ3) is 3.89. The van der Waals surface area contributed by atoms with Gasteiger partial charge in [-0.2, -0.15) is 0 Å². The highest BCUT2D eigenvalue weighted by molar-refractivity contribution is 9.10. The Bertz CT molecular complexity index is 380. The quantitative estimate of drug-likeness (QED) is 0.793. The van der Waals surface area contributed by atoms with Crippen molar-refractivity contribution in [2.75, 3.05) is 11.9 Å². The number of hydrogen-bond donors (Lipinski definition) is 1. The molecule has 2 rings (SSSR count). The standard InChI is InChI=1S/C14H19BrClN/c1-10-3-2-4-11(7-10)9-17-14-8-12(15)5-6-13(14)16/h5-6,8,10-11,17H,2-4,7,9H2,1H3. The summed E-state index contributed by atoms with van der Waals surface area (Å²) >= 11 is 9.63. The van der Waals surface area contributed by atoms with Gasteiger partial charge in [0, 0.05) is 11.0 Å². The summed E-state index contributed by atoms with van der Waals surface area (Å²) in [6.07, 6.45) is 5.47. The average Bonchev–Trinajstić information content (AvgIpc) is 2.30. The summed E-state index contributed by atoms with van der Waals surface area (Å²) in [4.78, 5) is 0. The van der Waals surface area contributed by atoms with Gasteiger partial charge in [0.05, 0.1) is 10.7 Å². The van der Waals surface area contributed by atoms with E-state index >= 15 is 0 Å². The van der Waals surface area contributed by atoms with E-state index in [9.17, 15) is 0 Å². The van der Waals surface area contributed by atoms with Crippen molar-refractivity contribution in [3.63, 3.8) is 0 Å². The maximum atomic E-state index is 6.16. The first-order valence-electron chi connectivity index (χ1n) is 6.34. The molecule has 17 heavy (non-hydrogen) atoms. The fourth-order valence-corrected chi connectivity index (χ4v) is 3.18. The largest absolute Gasteiger partial charge is 0.384 e. The van der Waals surface area contributed by atoms with E-state index in [0.717, 1.165) is 33.6 Å². The molecule has 0 spiro atoms. The van der Waals surface area contributed by atoms with Crippen LogP contribution in [0.4, 0.5) is 5.69 Å². The Labute approximate surface area is 117 Å². The van der Waals surface area contributed by atoms with Crippen LogP contribution in [0.5, 0.6) is 0 Å². The highest BCUT2D eigenvalue weighted by Gasteiger charge is 2.18. The normalized spacial score (nSPS) is 24.6. The Morgan fingerprint density at radius 3 is 3.00 bits per heavy atom. The molecular weight excluding hydrogens is 298 g/mol. The molecule has 1 aromatic carbocycles. The predicted octanol–water partition coefficient (Wildman–Crippen LogP) is 5.34. The first kappa shape index (κ1) is 13.2. The summed E-state index contributed by atoms with van der Waals surface area (Å²) in [6, 6.07) is 5.95. The second-order valence-electron chi connectivity index (χ2n) is 5.14. The van der Waals surface area contributed by atoms with Crippen LogP contribution in [0.25, 0.3) is 0 Å². The van der Waals surface area contributed by atoms with Gasteiger partial charge in [-0.25, -0.2) is 0 Å². The second kappa shape index (κ2) is 6.10. The summed E-state index contributed by atoms with van der Waals surface area (Å²) in [5, 5.41) is 4.28. The lowest BCUT2D eigenvalue weighted by Crippen LogP contribution is -2.21. The number of hydrogen-bond acceptors (Lipinski definition) is 1. The number of halogens is 2. The van der Waals surface area contributed by atoms with Gasteiger partial charge in [-0.05, 0) is 42.9 Å². The van der Waals surface area contributed by atoms with E-state index < -0.39 is 0 Å². The summed E-state index contributed by atoms with van der Waals surface area (Å²) in [5.41, 5.74) is 1.04. The monoisotopic (exact) mass is 315 g/mol. The molecule has 3 heteroatoms. The highest BCUT2D eigenvalue weighted by Crippen LogP contribution is 2.30. The van der Waals surface area contributed by atoms with Crippen LogP contribution in [0.1, 0.15) is 32.6 Å². The van der Waals surface area contributed by atoms with E-state index in [2.05, 4.69) is 34.2 Å². The number of nitrogens with one attached hydrogen (secondary N) is 1. The molecule has 1 N–H and O–H groups in total. The molecule has 94 valence electrons. The second-order valence-corrected chi connectivity index (χ2v) is 6.47. The Kier molecular flexibility index (Phi) is 4.75. The number of benzene rings is 1. The maximum Gasteiger partial charge on any atom is 0.0638 e. The minimum absolute atomic E-state index is 0.800. The molecule has 1 aliphatic carbocycles. The molecule has 0 heterocycles. The summed E-state index contributed by atoms with van der Waals surface area (Å²) in [7, 11) is 0. The third-order valence-corrected chi connectivity index (χ3v) is 4.38. The van der Waals surface area contributed by atoms with E-state index in [1.165, 1.54) is 25.7 Å². The molecule has 0 radical (unpaired) electrons. The van der Waals surface area contributed by atoms with E-state index in [0.29, 0.717) is 0 Å². The van der Waals surface area contributed by atoms with E-state index in [1.807, 2.05) is 12.1 Å². The van der Waals surface area contributed by atoms with Crippen molar-refractivity contribution in [3.8, 4) is 0 Å². The van der Waals surface area contributed by atoms with Crippen LogP contribution in [-0.2, 0) is 0 Å². The van der Waals surface area contributed by atoms with Gasteiger partial charge in [-0.15, -0.1) is 0 Å². The summed E-state index contributed by atoms with van der Waals surface area (Å²) < 4.78 is 1.07. The molecule has 1 nitrogen and oxygen atoms in total. The highest BCUT2D eigenvalue weighted by atomic mass is 79.9. The van der Waals surface area contributed by atoms with Crippen LogP contribution < -0.4 is 5.32 Å². The zero-order valence-corrected chi connectivity index (χ0v) is 12.5. The minimum atomic E-state index is 0.800. The molecule has 0 aromatic heterocycles. The molecule has 0 amide bonds. The lowest BCUT2D eigenvalue weighted by atomic mass is 9.82. The lowest BCUT2D eigenvalue weighted by molar-refractivity contribution is 0.293. The van der Waals surface area contributed by atoms with Crippen LogP contribution in [-0.4, -0.2) is 6.54 Å². The van der Waals surface area contributed by atoms with E-state index in [4.69, 9.17) is 11.6 Å². The number of rotatable bonds is 3. The van der Waals surface area contributed by atoms with Gasteiger partial charge in [0.2, 0.25) is 0 Å². The smallest absolute Gasteiger partial charge is 0.0638 e. The Morgan fingerprint density at radius 1 is 1.41 bits per heavy atom. The van der Waals surface area contributed by atoms with Crippen LogP contribution in [0, 0.1) is 11.8 Å². The van der Waals surface area contributed by atoms with Crippen LogP contribution in [0.15, 0.2) is 22.7 Å². The Hall–Kier alpha value is -0.210. The Balaban J connectivity index is 1.90. The van der Waals surface area contributed by atoms with E-state index in [-0.39, 0.29) is 0 Å². The van der Waals surface area contributed by atoms with Gasteiger partial charge in [0.25, 0.3) is 0 Å². The van der Waals surface area contributed by atoms with Crippen LogP contribution in [0.3, 0.4) is 0 Å². The Morgan fingerprint density at radius 2 is 2.24 bits per heavy atom. The molecule has 1 aliphatic rings. The number of anilines is 1. The van der Waals surface area contributed by atoms with Crippen molar-refractivity contribution in [2.45, 2.75) is 32.6 Å². The van der Waals surface area contributed by atoms with Gasteiger partial charge in [0.15, 0.2) is 0 Å². The van der Waals surface area contributed by atoms with Crippen molar-refractivity contribution in [1.29, 1.82) is 0 Å². The van der Waals surface area contributed by atoms with Gasteiger partial charge >= 0.3 is 0 Å². The van der Waals surface area contributed by atoms with Crippen molar-refractivity contribution in [2.24, 2.45) is 11.8 Å². The fraction of sp³-hybridized carbons (Fsp3) is 0.571. The molecule has 1 aromatic rings. The summed E-state index contributed by atoms with van der Waals surface area (Å²) in [5.74, 6) is 1.68. The van der Waals surface area contributed by atoms with Crippen molar-refractivity contribution >= 4 is 33.2 Å². The molecule has 0 saturated heterocycles. The van der Waals surface area contributed by atoms with Crippen molar-refractivity contribution < 1.29 is 0 Å². The topological polar surface area (TPSA) is 12.0 Å². The average molecular weight is 317 g/mol. The molecule has 1 fully saturated rings. The molecule has 2 atom stereocenters. The SMILES string of the molecule is CC1CCCC(CNc2cc(Br)ccc2Cl)C1. The first-order chi connectivity index (χ1) is 8.15. The molecular formula is C14H19BrClN. The van der Waals surface area contributed by atoms with Crippen molar-refractivity contribution in [1.82, 2.24) is 0 Å². The fourth-order valence-electron chi connectivity index (χ4n) is 2.63. The third-order valence-electron chi connectivity index (χ3n) is 3.55. The van der Waals surface area contributed by atoms with Crippen LogP contribution in [0.2, 0.25) is 5.02 Å². The zero-order valence-electron chi connectivity index (χ0n) is 10.2. The summed E-state index contributed by atoms with van der Waals surface area (Å²) in [6.45, 7) is 3.40. The van der Waals surface area contributed by atoms with Gasteiger partial charge in [-0.3, -0.25) is 0 Å². The van der Waals surface area contributed by atoms with Gasteiger partial charge in [0.1, 0.15) is 0 Å². The van der Waals surface area contributed by atoms with E-state index in [1.54, 1.807) is 0 Å². The molecule has 0 aliphatic heterocycles. The minimum Gasteiger partial charge on any atom is -0.384 e. The lowest BCUT2D eigenvalue weighted by Gasteiger charge is -2.27.